The topological polar surface area (TPSA) is 64.9 Å². The molecule has 3 aromatic carbocycles. The maximum Gasteiger partial charge on any atom is 0.214 e. The van der Waals surface area contributed by atoms with Crippen LogP contribution in [0.25, 0.3) is 16.5 Å². The molecule has 4 rings (SSSR count). The molecule has 0 atom stereocenters. The minimum Gasteiger partial charge on any atom is -0.491 e. The average Bonchev–Trinajstić information content (AvgIpc) is 3.23. The molecule has 1 aromatic heterocycles. The fraction of sp³-hybridized carbons (Fsp3) is 0.261. The van der Waals surface area contributed by atoms with Gasteiger partial charge in [0.05, 0.1) is 11.8 Å². The normalized spacial score (nSPS) is 11.3. The van der Waals surface area contributed by atoms with Crippen LogP contribution in [0.1, 0.15) is 19.4 Å². The Hall–Kier alpha value is -2.90. The van der Waals surface area contributed by atoms with Crippen LogP contribution in [0.2, 0.25) is 0 Å². The number of fused-ring (bicyclic) bond motifs is 1. The van der Waals surface area contributed by atoms with Crippen LogP contribution >= 0.6 is 11.8 Å². The Labute approximate surface area is 180 Å². The highest BCUT2D eigenvalue weighted by molar-refractivity contribution is 7.99. The van der Waals surface area contributed by atoms with Gasteiger partial charge in [0.2, 0.25) is 5.16 Å². The Balaban J connectivity index is 1.39. The molecule has 0 spiro atoms. The van der Waals surface area contributed by atoms with Crippen LogP contribution in [0, 0.1) is 0 Å². The molecule has 0 aliphatic rings. The molecule has 154 valence electrons. The molecule has 0 saturated carbocycles. The molecule has 0 unspecified atom stereocenters. The Morgan fingerprint density at radius 2 is 1.80 bits per heavy atom. The number of nitrogens with one attached hydrogen (secondary N) is 1. The summed E-state index contributed by atoms with van der Waals surface area (Å²) in [6, 6.07) is 22.6. The molecule has 0 bridgehead atoms. The average molecular weight is 420 g/mol. The maximum atomic E-state index is 6.06. The zero-order valence-corrected chi connectivity index (χ0v) is 18.0. The van der Waals surface area contributed by atoms with Crippen molar-refractivity contribution in [3.8, 4) is 11.4 Å². The van der Waals surface area contributed by atoms with Crippen molar-refractivity contribution in [3.05, 3.63) is 72.3 Å². The lowest BCUT2D eigenvalue weighted by molar-refractivity contribution is 0.240. The van der Waals surface area contributed by atoms with E-state index in [2.05, 4.69) is 71.1 Å². The van der Waals surface area contributed by atoms with Gasteiger partial charge in [0.15, 0.2) is 0 Å². The van der Waals surface area contributed by atoms with Crippen LogP contribution < -0.4 is 10.1 Å². The predicted molar refractivity (Wildman–Crippen MR) is 121 cm³/mol. The first-order chi connectivity index (χ1) is 14.7. The van der Waals surface area contributed by atoms with E-state index in [-0.39, 0.29) is 6.10 Å². The summed E-state index contributed by atoms with van der Waals surface area (Å²) in [5.41, 5.74) is 2.16. The SMILES string of the molecule is CC(C)Oc1ccc2ccccc2c1CNCCSc1nnnn1-c1ccccc1. The number of para-hydroxylation sites is 1. The first-order valence-electron chi connectivity index (χ1n) is 10.1. The van der Waals surface area contributed by atoms with Gasteiger partial charge in [-0.05, 0) is 53.2 Å². The monoisotopic (exact) mass is 419 g/mol. The number of rotatable bonds is 9. The van der Waals surface area contributed by atoms with E-state index in [0.29, 0.717) is 0 Å². The van der Waals surface area contributed by atoms with Crippen molar-refractivity contribution in [3.63, 3.8) is 0 Å². The van der Waals surface area contributed by atoms with Crippen molar-refractivity contribution in [2.45, 2.75) is 31.7 Å². The smallest absolute Gasteiger partial charge is 0.214 e. The van der Waals surface area contributed by atoms with Gasteiger partial charge in [-0.3, -0.25) is 0 Å². The number of ether oxygens (including phenoxy) is 1. The number of hydrogen-bond donors (Lipinski definition) is 1. The molecule has 0 aliphatic carbocycles. The summed E-state index contributed by atoms with van der Waals surface area (Å²) >= 11 is 1.64. The number of tetrazole rings is 1. The zero-order valence-electron chi connectivity index (χ0n) is 17.2. The van der Waals surface area contributed by atoms with E-state index in [9.17, 15) is 0 Å². The fourth-order valence-electron chi connectivity index (χ4n) is 3.29. The van der Waals surface area contributed by atoms with Crippen LogP contribution in [0.3, 0.4) is 0 Å². The van der Waals surface area contributed by atoms with Crippen LogP contribution in [0.4, 0.5) is 0 Å². The molecule has 0 fully saturated rings. The van der Waals surface area contributed by atoms with Crippen molar-refractivity contribution < 1.29 is 4.74 Å². The van der Waals surface area contributed by atoms with E-state index in [4.69, 9.17) is 4.74 Å². The number of thioether (sulfide) groups is 1. The highest BCUT2D eigenvalue weighted by Gasteiger charge is 2.11. The third-order valence-corrected chi connectivity index (χ3v) is 5.53. The van der Waals surface area contributed by atoms with Gasteiger partial charge in [-0.1, -0.05) is 60.3 Å². The molecule has 7 heteroatoms. The molecular formula is C23H25N5OS. The molecule has 30 heavy (non-hydrogen) atoms. The van der Waals surface area contributed by atoms with Gasteiger partial charge in [0, 0.05) is 24.4 Å². The first-order valence-corrected chi connectivity index (χ1v) is 11.1. The maximum absolute atomic E-state index is 6.06. The standard InChI is InChI=1S/C23H25N5OS/c1-17(2)29-22-13-12-18-8-6-7-11-20(18)21(22)16-24-14-15-30-23-25-26-27-28(23)19-9-4-3-5-10-19/h3-13,17,24H,14-16H2,1-2H3. The fourth-order valence-corrected chi connectivity index (χ4v) is 4.08. The Morgan fingerprint density at radius 3 is 2.63 bits per heavy atom. The third-order valence-electron chi connectivity index (χ3n) is 4.61. The molecular weight excluding hydrogens is 394 g/mol. The summed E-state index contributed by atoms with van der Waals surface area (Å²) in [5.74, 6) is 1.80. The van der Waals surface area contributed by atoms with E-state index in [0.717, 1.165) is 35.4 Å². The summed E-state index contributed by atoms with van der Waals surface area (Å²) in [5, 5.41) is 18.9. The minimum absolute atomic E-state index is 0.136. The molecule has 0 saturated heterocycles. The number of hydrogen-bond acceptors (Lipinski definition) is 6. The van der Waals surface area contributed by atoms with E-state index >= 15 is 0 Å². The van der Waals surface area contributed by atoms with Gasteiger partial charge in [0.25, 0.3) is 0 Å². The predicted octanol–water partition coefficient (Wildman–Crippen LogP) is 4.48. The largest absolute Gasteiger partial charge is 0.491 e. The van der Waals surface area contributed by atoms with E-state index in [1.807, 2.05) is 30.3 Å². The van der Waals surface area contributed by atoms with Gasteiger partial charge in [0.1, 0.15) is 5.75 Å². The van der Waals surface area contributed by atoms with Crippen molar-refractivity contribution >= 4 is 22.5 Å². The van der Waals surface area contributed by atoms with Crippen molar-refractivity contribution in [2.75, 3.05) is 12.3 Å². The molecule has 1 N–H and O–H groups in total. The van der Waals surface area contributed by atoms with E-state index in [1.165, 1.54) is 16.3 Å². The van der Waals surface area contributed by atoms with Gasteiger partial charge in [-0.15, -0.1) is 5.10 Å². The number of benzene rings is 3. The number of aromatic nitrogens is 4. The molecule has 6 nitrogen and oxygen atoms in total. The van der Waals surface area contributed by atoms with E-state index in [1.54, 1.807) is 16.4 Å². The second-order valence-corrected chi connectivity index (χ2v) is 8.23. The lowest BCUT2D eigenvalue weighted by atomic mass is 10.0. The van der Waals surface area contributed by atoms with Crippen molar-refractivity contribution in [1.29, 1.82) is 0 Å². The molecule has 0 radical (unpaired) electrons. The summed E-state index contributed by atoms with van der Waals surface area (Å²) in [4.78, 5) is 0. The lowest BCUT2D eigenvalue weighted by Crippen LogP contribution is -2.18. The molecule has 0 amide bonds. The van der Waals surface area contributed by atoms with Gasteiger partial charge in [-0.2, -0.15) is 4.68 Å². The van der Waals surface area contributed by atoms with Gasteiger partial charge >= 0.3 is 0 Å². The van der Waals surface area contributed by atoms with Crippen molar-refractivity contribution in [1.82, 2.24) is 25.5 Å². The Bertz CT molecular complexity index is 1100. The summed E-state index contributed by atoms with van der Waals surface area (Å²) in [7, 11) is 0. The molecule has 0 aliphatic heterocycles. The minimum atomic E-state index is 0.136. The van der Waals surface area contributed by atoms with E-state index < -0.39 is 0 Å². The highest BCUT2D eigenvalue weighted by atomic mass is 32.2. The van der Waals surface area contributed by atoms with Crippen LogP contribution in [0.5, 0.6) is 5.75 Å². The summed E-state index contributed by atoms with van der Waals surface area (Å²) in [6.07, 6.45) is 0.136. The summed E-state index contributed by atoms with van der Waals surface area (Å²) < 4.78 is 7.83. The molecule has 4 aromatic rings. The highest BCUT2D eigenvalue weighted by Crippen LogP contribution is 2.29. The summed E-state index contributed by atoms with van der Waals surface area (Å²) in [6.45, 7) is 5.68. The van der Waals surface area contributed by atoms with Crippen molar-refractivity contribution in [2.24, 2.45) is 0 Å². The Morgan fingerprint density at radius 1 is 1.00 bits per heavy atom. The van der Waals surface area contributed by atoms with Crippen LogP contribution in [-0.4, -0.2) is 38.6 Å². The second kappa shape index (κ2) is 9.73. The molecule has 1 heterocycles. The lowest BCUT2D eigenvalue weighted by Gasteiger charge is -2.17. The zero-order chi connectivity index (χ0) is 20.8. The van der Waals surface area contributed by atoms with Gasteiger partial charge < -0.3 is 10.1 Å². The number of nitrogens with zero attached hydrogens (tertiary/aromatic N) is 4. The third kappa shape index (κ3) is 4.80. The second-order valence-electron chi connectivity index (χ2n) is 7.16. The first kappa shape index (κ1) is 20.4. The van der Waals surface area contributed by atoms with Gasteiger partial charge in [-0.25, -0.2) is 0 Å². The Kier molecular flexibility index (Phi) is 6.61. The quantitative estimate of drug-likeness (QED) is 0.319. The van der Waals surface area contributed by atoms with Crippen LogP contribution in [-0.2, 0) is 6.54 Å². The van der Waals surface area contributed by atoms with Crippen LogP contribution in [0.15, 0.2) is 71.9 Å².